The maximum absolute atomic E-state index is 5.75. The monoisotopic (exact) mass is 179 g/mol. The molecular weight excluding hydrogens is 166 g/mol. The average molecular weight is 179 g/mol. The van der Waals surface area contributed by atoms with Gasteiger partial charge >= 0.3 is 0 Å². The van der Waals surface area contributed by atoms with Gasteiger partial charge < -0.3 is 5.73 Å². The summed E-state index contributed by atoms with van der Waals surface area (Å²) in [4.78, 5) is 1.15. The molecule has 1 rings (SSSR count). The first-order chi connectivity index (χ1) is 5.77. The van der Waals surface area contributed by atoms with Crippen molar-refractivity contribution in [3.63, 3.8) is 0 Å². The van der Waals surface area contributed by atoms with Crippen LogP contribution in [0.5, 0.6) is 0 Å². The van der Waals surface area contributed by atoms with Gasteiger partial charge in [0.2, 0.25) is 0 Å². The average Bonchev–Trinajstić information content (AvgIpc) is 2.09. The van der Waals surface area contributed by atoms with Crippen molar-refractivity contribution in [1.82, 2.24) is 0 Å². The number of anilines is 1. The fourth-order valence-corrected chi connectivity index (χ4v) is 1.62. The van der Waals surface area contributed by atoms with Gasteiger partial charge in [0.25, 0.3) is 0 Å². The van der Waals surface area contributed by atoms with Gasteiger partial charge in [-0.25, -0.2) is 0 Å². The van der Waals surface area contributed by atoms with Crippen molar-refractivity contribution in [2.45, 2.75) is 11.3 Å². The lowest BCUT2D eigenvalue weighted by molar-refractivity contribution is 1.24. The largest absolute Gasteiger partial charge is 0.398 e. The molecule has 2 heteroatoms. The summed E-state index contributed by atoms with van der Waals surface area (Å²) in [7, 11) is 0. The van der Waals surface area contributed by atoms with Crippen molar-refractivity contribution in [2.75, 3.05) is 12.0 Å². The lowest BCUT2D eigenvalue weighted by Crippen LogP contribution is -1.89. The van der Waals surface area contributed by atoms with Crippen molar-refractivity contribution in [1.29, 1.82) is 0 Å². The van der Waals surface area contributed by atoms with E-state index in [1.54, 1.807) is 11.8 Å². The molecule has 0 aliphatic heterocycles. The van der Waals surface area contributed by atoms with E-state index in [1.165, 1.54) is 5.56 Å². The highest BCUT2D eigenvalue weighted by Gasteiger charge is 1.97. The predicted molar refractivity (Wildman–Crippen MR) is 56.5 cm³/mol. The zero-order chi connectivity index (χ0) is 8.97. The number of rotatable bonds is 3. The number of thioether (sulfide) groups is 1. The van der Waals surface area contributed by atoms with Gasteiger partial charge in [0.15, 0.2) is 0 Å². The van der Waals surface area contributed by atoms with E-state index in [1.807, 2.05) is 24.5 Å². The van der Waals surface area contributed by atoms with Gasteiger partial charge in [-0.3, -0.25) is 0 Å². The summed E-state index contributed by atoms with van der Waals surface area (Å²) in [5, 5.41) is 0. The van der Waals surface area contributed by atoms with Crippen molar-refractivity contribution in [3.05, 3.63) is 36.4 Å². The lowest BCUT2D eigenvalue weighted by atomic mass is 10.1. The molecule has 0 radical (unpaired) electrons. The van der Waals surface area contributed by atoms with E-state index in [2.05, 4.69) is 12.6 Å². The van der Waals surface area contributed by atoms with Gasteiger partial charge in [0.05, 0.1) is 0 Å². The summed E-state index contributed by atoms with van der Waals surface area (Å²) < 4.78 is 0. The molecule has 12 heavy (non-hydrogen) atoms. The first-order valence-electron chi connectivity index (χ1n) is 3.81. The van der Waals surface area contributed by atoms with Crippen LogP contribution in [0.4, 0.5) is 5.69 Å². The standard InChI is InChI=1S/C10H13NS/c1-3-4-8-5-6-9(11)10(7-8)12-2/h3,5-7H,1,4,11H2,2H3. The molecular formula is C10H13NS. The molecule has 0 fully saturated rings. The molecule has 1 nitrogen and oxygen atoms in total. The van der Waals surface area contributed by atoms with Crippen LogP contribution < -0.4 is 5.73 Å². The molecule has 0 spiro atoms. The zero-order valence-electron chi connectivity index (χ0n) is 7.21. The summed E-state index contributed by atoms with van der Waals surface area (Å²) in [6.45, 7) is 3.70. The fourth-order valence-electron chi connectivity index (χ4n) is 1.05. The van der Waals surface area contributed by atoms with Gasteiger partial charge in [0.1, 0.15) is 0 Å². The number of hydrogen-bond donors (Lipinski definition) is 1. The summed E-state index contributed by atoms with van der Waals surface area (Å²) >= 11 is 1.68. The van der Waals surface area contributed by atoms with Gasteiger partial charge in [-0.05, 0) is 30.4 Å². The molecule has 0 aliphatic rings. The van der Waals surface area contributed by atoms with Crippen LogP contribution in [0.3, 0.4) is 0 Å². The normalized spacial score (nSPS) is 9.75. The Hall–Kier alpha value is -0.890. The van der Waals surface area contributed by atoms with E-state index < -0.39 is 0 Å². The zero-order valence-corrected chi connectivity index (χ0v) is 8.03. The van der Waals surface area contributed by atoms with Crippen LogP contribution in [0.15, 0.2) is 35.7 Å². The van der Waals surface area contributed by atoms with Crippen LogP contribution in [-0.2, 0) is 6.42 Å². The smallest absolute Gasteiger partial charge is 0.0452 e. The minimum Gasteiger partial charge on any atom is -0.398 e. The van der Waals surface area contributed by atoms with Gasteiger partial charge in [-0.2, -0.15) is 0 Å². The molecule has 1 aromatic rings. The Morgan fingerprint density at radius 1 is 1.58 bits per heavy atom. The van der Waals surface area contributed by atoms with E-state index in [9.17, 15) is 0 Å². The van der Waals surface area contributed by atoms with Crippen molar-refractivity contribution >= 4 is 17.4 Å². The molecule has 0 heterocycles. The molecule has 1 aromatic carbocycles. The molecule has 0 unspecified atom stereocenters. The third-order valence-electron chi connectivity index (χ3n) is 1.68. The number of nitrogens with two attached hydrogens (primary N) is 1. The van der Waals surface area contributed by atoms with E-state index >= 15 is 0 Å². The van der Waals surface area contributed by atoms with Crippen LogP contribution >= 0.6 is 11.8 Å². The quantitative estimate of drug-likeness (QED) is 0.438. The third-order valence-corrected chi connectivity index (χ3v) is 2.47. The Morgan fingerprint density at radius 2 is 2.33 bits per heavy atom. The van der Waals surface area contributed by atoms with Crippen LogP contribution in [0.25, 0.3) is 0 Å². The molecule has 0 atom stereocenters. The summed E-state index contributed by atoms with van der Waals surface area (Å²) in [5.41, 5.74) is 7.87. The highest BCUT2D eigenvalue weighted by Crippen LogP contribution is 2.23. The second-order valence-electron chi connectivity index (χ2n) is 2.57. The molecule has 64 valence electrons. The minimum absolute atomic E-state index is 0.857. The number of hydrogen-bond acceptors (Lipinski definition) is 2. The first-order valence-corrected chi connectivity index (χ1v) is 5.03. The van der Waals surface area contributed by atoms with Crippen molar-refractivity contribution < 1.29 is 0 Å². The van der Waals surface area contributed by atoms with E-state index in [-0.39, 0.29) is 0 Å². The molecule has 0 bridgehead atoms. The minimum atomic E-state index is 0.857. The van der Waals surface area contributed by atoms with E-state index in [0.29, 0.717) is 0 Å². The van der Waals surface area contributed by atoms with Gasteiger partial charge in [-0.1, -0.05) is 12.1 Å². The maximum atomic E-state index is 5.75. The van der Waals surface area contributed by atoms with Crippen LogP contribution in [-0.4, -0.2) is 6.26 Å². The Kier molecular flexibility index (Phi) is 3.23. The fraction of sp³-hybridized carbons (Fsp3) is 0.200. The highest BCUT2D eigenvalue weighted by atomic mass is 32.2. The Morgan fingerprint density at radius 3 is 2.92 bits per heavy atom. The lowest BCUT2D eigenvalue weighted by Gasteiger charge is -2.03. The SMILES string of the molecule is C=CCc1ccc(N)c(SC)c1. The van der Waals surface area contributed by atoms with Crippen LogP contribution in [0.1, 0.15) is 5.56 Å². The number of benzene rings is 1. The van der Waals surface area contributed by atoms with Crippen molar-refractivity contribution in [2.24, 2.45) is 0 Å². The van der Waals surface area contributed by atoms with Crippen molar-refractivity contribution in [3.8, 4) is 0 Å². The molecule has 0 saturated carbocycles. The Bertz CT molecular complexity index is 281. The third kappa shape index (κ3) is 2.05. The highest BCUT2D eigenvalue weighted by molar-refractivity contribution is 7.98. The maximum Gasteiger partial charge on any atom is 0.0452 e. The number of allylic oxidation sites excluding steroid dienone is 1. The van der Waals surface area contributed by atoms with E-state index in [4.69, 9.17) is 5.73 Å². The van der Waals surface area contributed by atoms with Crippen LogP contribution in [0.2, 0.25) is 0 Å². The second kappa shape index (κ2) is 4.21. The molecule has 0 saturated heterocycles. The van der Waals surface area contributed by atoms with Gasteiger partial charge in [-0.15, -0.1) is 18.3 Å². The molecule has 2 N–H and O–H groups in total. The Labute approximate surface area is 77.7 Å². The molecule has 0 amide bonds. The Balaban J connectivity index is 2.96. The first kappa shape index (κ1) is 9.20. The number of nitrogen functional groups attached to an aromatic ring is 1. The second-order valence-corrected chi connectivity index (χ2v) is 3.42. The summed E-state index contributed by atoms with van der Waals surface area (Å²) in [6.07, 6.45) is 4.84. The molecule has 0 aromatic heterocycles. The summed E-state index contributed by atoms with van der Waals surface area (Å²) in [6, 6.07) is 6.10. The van der Waals surface area contributed by atoms with Crippen LogP contribution in [0, 0.1) is 0 Å². The van der Waals surface area contributed by atoms with E-state index in [0.717, 1.165) is 17.0 Å². The molecule has 0 aliphatic carbocycles. The predicted octanol–water partition coefficient (Wildman–Crippen LogP) is 2.72. The summed E-state index contributed by atoms with van der Waals surface area (Å²) in [5.74, 6) is 0. The topological polar surface area (TPSA) is 26.0 Å². The van der Waals surface area contributed by atoms with Gasteiger partial charge in [0, 0.05) is 10.6 Å².